The number of sulfone groups is 2. The lowest BCUT2D eigenvalue weighted by atomic mass is 9.98. The van der Waals surface area contributed by atoms with E-state index >= 15 is 0 Å². The molecule has 0 spiro atoms. The van der Waals surface area contributed by atoms with E-state index in [4.69, 9.17) is 0 Å². The summed E-state index contributed by atoms with van der Waals surface area (Å²) in [6, 6.07) is 32.0. The number of alkyl halides is 1. The maximum Gasteiger partial charge on any atom is 0.256 e. The molecule has 71 heavy (non-hydrogen) atoms. The maximum atomic E-state index is 13.3. The number of aromatic nitrogens is 2. The molecule has 0 bridgehead atoms. The smallest absolute Gasteiger partial charge is 0.256 e. The molecule has 2 aliphatic heterocycles. The molecule has 1 unspecified atom stereocenters. The van der Waals surface area contributed by atoms with Gasteiger partial charge in [0.1, 0.15) is 0 Å². The molecule has 380 valence electrons. The minimum Gasteiger partial charge on any atom is -0.337 e. The van der Waals surface area contributed by atoms with E-state index in [0.717, 1.165) is 76.1 Å². The summed E-state index contributed by atoms with van der Waals surface area (Å²) in [5, 5.41) is 4.56. The van der Waals surface area contributed by atoms with Gasteiger partial charge in [0.15, 0.2) is 25.8 Å². The van der Waals surface area contributed by atoms with Gasteiger partial charge in [0, 0.05) is 98.0 Å². The Morgan fingerprint density at radius 2 is 0.901 bits per heavy atom. The van der Waals surface area contributed by atoms with E-state index in [1.165, 1.54) is 11.8 Å². The van der Waals surface area contributed by atoms with Gasteiger partial charge in [-0.15, -0.1) is 0 Å². The van der Waals surface area contributed by atoms with Gasteiger partial charge in [-0.3, -0.25) is 14.4 Å². The second-order valence-electron chi connectivity index (χ2n) is 19.6. The quantitative estimate of drug-likeness (QED) is 0.108. The molecule has 2 fully saturated rings. The zero-order chi connectivity index (χ0) is 51.2. The summed E-state index contributed by atoms with van der Waals surface area (Å²) < 4.78 is 66.1. The first kappa shape index (κ1) is 53.0. The van der Waals surface area contributed by atoms with Gasteiger partial charge in [0.05, 0.1) is 33.0 Å². The van der Waals surface area contributed by atoms with Crippen LogP contribution in [0, 0.1) is 0 Å². The van der Waals surface area contributed by atoms with Crippen molar-refractivity contribution < 1.29 is 35.6 Å². The van der Waals surface area contributed by atoms with Gasteiger partial charge in [-0.2, -0.15) is 0 Å². The highest BCUT2D eigenvalue weighted by Crippen LogP contribution is 2.28. The summed E-state index contributed by atoms with van der Waals surface area (Å²) in [7, 11) is -6.08. The third kappa shape index (κ3) is 12.6. The van der Waals surface area contributed by atoms with E-state index in [1.54, 1.807) is 32.6 Å². The highest BCUT2D eigenvalue weighted by atomic mass is 32.2. The van der Waals surface area contributed by atoms with Crippen LogP contribution in [-0.2, 0) is 24.5 Å². The van der Waals surface area contributed by atoms with Crippen molar-refractivity contribution in [2.45, 2.75) is 89.8 Å². The second-order valence-corrected chi connectivity index (χ2v) is 24.9. The Morgan fingerprint density at radius 3 is 1.28 bits per heavy atom. The number of hydrogen-bond donors (Lipinski definition) is 1. The molecule has 13 nitrogen and oxygen atoms in total. The molecule has 2 aromatic heterocycles. The molecule has 6 aromatic rings. The summed E-state index contributed by atoms with van der Waals surface area (Å²) in [5.74, 6) is 0.162. The van der Waals surface area contributed by atoms with Crippen LogP contribution >= 0.6 is 0 Å². The lowest BCUT2D eigenvalue weighted by Crippen LogP contribution is -2.52. The molecule has 3 amide bonds. The molecule has 2 saturated heterocycles. The third-order valence-electron chi connectivity index (χ3n) is 14.1. The first-order valence-corrected chi connectivity index (χ1v) is 28.2. The van der Waals surface area contributed by atoms with Crippen LogP contribution in [0.3, 0.4) is 0 Å². The van der Waals surface area contributed by atoms with Crippen molar-refractivity contribution in [3.63, 3.8) is 0 Å². The SMILES string of the molecule is CC(C)S(=O)(=O)CC[C@H](C)c1ccc(-n2ccc3cc(C(=O)N4CCNCC4)ccc32)cc1.CC(F)C(=O)N1CCN(C(=O)c2ccc3c(ccn3-c3ccc([C@@H](C)CCS(=O)(=O)C(C)C)cc3)c2)CC1. The molecule has 0 radical (unpaired) electrons. The van der Waals surface area contributed by atoms with Gasteiger partial charge in [-0.05, 0) is 143 Å². The van der Waals surface area contributed by atoms with Gasteiger partial charge in [-0.25, -0.2) is 21.2 Å². The highest BCUT2D eigenvalue weighted by Gasteiger charge is 2.28. The maximum absolute atomic E-state index is 13.3. The Balaban J connectivity index is 0.000000211. The van der Waals surface area contributed by atoms with Crippen LogP contribution in [0.2, 0.25) is 0 Å². The predicted molar refractivity (Wildman–Crippen MR) is 282 cm³/mol. The average molecular weight is 1010 g/mol. The summed E-state index contributed by atoms with van der Waals surface area (Å²) in [4.78, 5) is 42.9. The zero-order valence-corrected chi connectivity index (χ0v) is 43.7. The van der Waals surface area contributed by atoms with Crippen LogP contribution in [0.4, 0.5) is 4.39 Å². The molecule has 16 heteroatoms. The van der Waals surface area contributed by atoms with Crippen LogP contribution in [0.15, 0.2) is 109 Å². The number of carbonyl (C=O) groups excluding carboxylic acids is 3. The first-order valence-electron chi connectivity index (χ1n) is 24.8. The fourth-order valence-corrected chi connectivity index (χ4v) is 11.3. The van der Waals surface area contributed by atoms with Crippen molar-refractivity contribution in [2.75, 3.05) is 63.9 Å². The van der Waals surface area contributed by atoms with Gasteiger partial charge in [0.25, 0.3) is 17.7 Å². The number of hydrogen-bond acceptors (Lipinski definition) is 8. The molecular formula is C55H69FN6O7S2. The van der Waals surface area contributed by atoms with E-state index in [2.05, 4.69) is 45.6 Å². The van der Waals surface area contributed by atoms with Gasteiger partial charge < -0.3 is 29.2 Å². The number of benzene rings is 4. The Labute approximate surface area is 418 Å². The minimum atomic E-state index is -3.06. The van der Waals surface area contributed by atoms with Gasteiger partial charge >= 0.3 is 0 Å². The standard InChI is InChI=1S/C29H36FN3O4S.C26H33N3O3S/c1-20(2)38(36,37)18-12-21(3)23-5-8-26(9-6-23)33-13-11-24-19-25(7-10-27(24)33)29(35)32-16-14-31(15-17-32)28(34)22(4)30;1-19(2)33(31,32)17-11-20(3)21-4-7-24(8-5-21)29-14-10-22-18-23(6-9-25(22)29)26(30)28-15-12-27-13-16-28/h5-11,13,19-22H,12,14-18H2,1-4H3;4-10,14,18-20,27H,11-13,15-17H2,1-3H3/t21-,22?;20-/m00/s1. The lowest BCUT2D eigenvalue weighted by molar-refractivity contribution is -0.137. The zero-order valence-electron chi connectivity index (χ0n) is 42.1. The van der Waals surface area contributed by atoms with E-state index in [0.29, 0.717) is 44.6 Å². The van der Waals surface area contributed by atoms with E-state index in [-0.39, 0.29) is 45.7 Å². The summed E-state index contributed by atoms with van der Waals surface area (Å²) >= 11 is 0. The summed E-state index contributed by atoms with van der Waals surface area (Å²) in [6.07, 6.45) is 3.67. The topological polar surface area (TPSA) is 151 Å². The molecule has 8 rings (SSSR count). The fraction of sp³-hybridized carbons (Fsp3) is 0.436. The first-order chi connectivity index (χ1) is 33.7. The molecule has 4 aromatic carbocycles. The normalized spacial score (nSPS) is 16.0. The van der Waals surface area contributed by atoms with Crippen LogP contribution < -0.4 is 5.32 Å². The van der Waals surface area contributed by atoms with E-state index in [1.807, 2.05) is 97.0 Å². The van der Waals surface area contributed by atoms with Gasteiger partial charge in [-0.1, -0.05) is 38.1 Å². The van der Waals surface area contributed by atoms with Crippen molar-refractivity contribution in [1.29, 1.82) is 0 Å². The monoisotopic (exact) mass is 1010 g/mol. The Bertz CT molecular complexity index is 3040. The molecule has 2 aliphatic rings. The number of nitrogens with zero attached hydrogens (tertiary/aromatic N) is 5. The number of halogens is 1. The summed E-state index contributed by atoms with van der Waals surface area (Å²) in [5.41, 5.74) is 7.58. The van der Waals surface area contributed by atoms with Crippen LogP contribution in [0.25, 0.3) is 33.2 Å². The molecule has 4 heterocycles. The van der Waals surface area contributed by atoms with Gasteiger partial charge in [0.2, 0.25) is 0 Å². The molecule has 0 saturated carbocycles. The number of piperazine rings is 2. The van der Waals surface area contributed by atoms with E-state index < -0.39 is 31.8 Å². The average Bonchev–Trinajstić information content (AvgIpc) is 4.01. The van der Waals surface area contributed by atoms with Crippen molar-refractivity contribution in [1.82, 2.24) is 29.2 Å². The Morgan fingerprint density at radius 1 is 0.521 bits per heavy atom. The molecular weight excluding hydrogens is 940 g/mol. The summed E-state index contributed by atoms with van der Waals surface area (Å²) in [6.45, 7) is 16.9. The fourth-order valence-electron chi connectivity index (χ4n) is 9.03. The largest absolute Gasteiger partial charge is 0.337 e. The lowest BCUT2D eigenvalue weighted by Gasteiger charge is -2.35. The number of fused-ring (bicyclic) bond motifs is 2. The Kier molecular flexibility index (Phi) is 16.9. The number of carbonyl (C=O) groups is 3. The predicted octanol–water partition coefficient (Wildman–Crippen LogP) is 8.58. The molecule has 1 N–H and O–H groups in total. The van der Waals surface area contributed by atoms with Crippen LogP contribution in [-0.4, -0.2) is 139 Å². The van der Waals surface area contributed by atoms with E-state index in [9.17, 15) is 35.6 Å². The number of nitrogens with one attached hydrogen (secondary N) is 1. The highest BCUT2D eigenvalue weighted by molar-refractivity contribution is 7.92. The van der Waals surface area contributed by atoms with Crippen molar-refractivity contribution >= 4 is 59.2 Å². The molecule has 0 aliphatic carbocycles. The second kappa shape index (κ2) is 22.7. The van der Waals surface area contributed by atoms with Crippen molar-refractivity contribution in [2.24, 2.45) is 0 Å². The van der Waals surface area contributed by atoms with Crippen molar-refractivity contribution in [3.8, 4) is 11.4 Å². The third-order valence-corrected chi connectivity index (χ3v) is 18.6. The Hall–Kier alpha value is -5.84. The van der Waals surface area contributed by atoms with Crippen LogP contribution in [0.1, 0.15) is 105 Å². The van der Waals surface area contributed by atoms with Crippen LogP contribution in [0.5, 0.6) is 0 Å². The molecule has 3 atom stereocenters. The minimum absolute atomic E-state index is 0.0870. The number of rotatable bonds is 15. The number of amides is 3. The van der Waals surface area contributed by atoms with Crippen molar-refractivity contribution in [3.05, 3.63) is 132 Å².